The highest BCUT2D eigenvalue weighted by Crippen LogP contribution is 2.31. The van der Waals surface area contributed by atoms with E-state index in [0.717, 1.165) is 61.3 Å². The van der Waals surface area contributed by atoms with E-state index in [0.29, 0.717) is 24.2 Å². The zero-order valence-corrected chi connectivity index (χ0v) is 17.7. The van der Waals surface area contributed by atoms with E-state index in [1.165, 1.54) is 0 Å². The SMILES string of the molecule is Cl.O=C(c1oc2ccccc2c1COc1ccccc1)N1CC[C@@H]2CNC[C@@H]2CC1. The molecule has 0 spiro atoms. The second-order valence-electron chi connectivity index (χ2n) is 8.06. The zero-order valence-electron chi connectivity index (χ0n) is 16.9. The monoisotopic (exact) mass is 426 g/mol. The van der Waals surface area contributed by atoms with Crippen LogP contribution in [0.25, 0.3) is 11.0 Å². The summed E-state index contributed by atoms with van der Waals surface area (Å²) < 4.78 is 12.0. The zero-order chi connectivity index (χ0) is 19.6. The van der Waals surface area contributed by atoms with Gasteiger partial charge in [0.05, 0.1) is 0 Å². The minimum atomic E-state index is -0.0132. The number of nitrogens with one attached hydrogen (secondary N) is 1. The molecule has 1 amide bonds. The summed E-state index contributed by atoms with van der Waals surface area (Å²) in [4.78, 5) is 15.4. The molecule has 2 aliphatic heterocycles. The second-order valence-corrected chi connectivity index (χ2v) is 8.06. The number of furan rings is 1. The Morgan fingerprint density at radius 3 is 2.40 bits per heavy atom. The first kappa shape index (κ1) is 20.8. The first-order valence-electron chi connectivity index (χ1n) is 10.5. The van der Waals surface area contributed by atoms with Crippen molar-refractivity contribution >= 4 is 29.3 Å². The molecule has 0 aliphatic carbocycles. The summed E-state index contributed by atoms with van der Waals surface area (Å²) in [6.45, 7) is 4.04. The van der Waals surface area contributed by atoms with Gasteiger partial charge in [-0.3, -0.25) is 4.79 Å². The van der Waals surface area contributed by atoms with Crippen molar-refractivity contribution in [1.29, 1.82) is 0 Å². The van der Waals surface area contributed by atoms with E-state index >= 15 is 0 Å². The molecule has 2 fully saturated rings. The molecule has 5 nitrogen and oxygen atoms in total. The number of hydrogen-bond acceptors (Lipinski definition) is 4. The third-order valence-corrected chi connectivity index (χ3v) is 6.33. The van der Waals surface area contributed by atoms with Crippen LogP contribution in [0.3, 0.4) is 0 Å². The Morgan fingerprint density at radius 1 is 1.00 bits per heavy atom. The third-order valence-electron chi connectivity index (χ3n) is 6.33. The average molecular weight is 427 g/mol. The van der Waals surface area contributed by atoms with Gasteiger partial charge in [-0.2, -0.15) is 0 Å². The summed E-state index contributed by atoms with van der Waals surface area (Å²) >= 11 is 0. The summed E-state index contributed by atoms with van der Waals surface area (Å²) in [5.74, 6) is 2.56. The van der Waals surface area contributed by atoms with E-state index in [9.17, 15) is 4.79 Å². The molecule has 5 rings (SSSR count). The lowest BCUT2D eigenvalue weighted by molar-refractivity contribution is 0.0725. The minimum absolute atomic E-state index is 0. The van der Waals surface area contributed by atoms with Crippen molar-refractivity contribution in [2.24, 2.45) is 11.8 Å². The number of carbonyl (C=O) groups excluding carboxylic acids is 1. The summed E-state index contributed by atoms with van der Waals surface area (Å²) in [5, 5.41) is 4.44. The smallest absolute Gasteiger partial charge is 0.290 e. The number of benzene rings is 2. The van der Waals surface area contributed by atoms with Gasteiger partial charge in [0, 0.05) is 24.0 Å². The lowest BCUT2D eigenvalue weighted by atomic mass is 9.92. The highest BCUT2D eigenvalue weighted by molar-refractivity contribution is 5.99. The molecule has 3 aromatic rings. The standard InChI is InChI=1S/C24H26N2O3.ClH/c27-24(26-12-10-17-14-25-15-18(17)11-13-26)23-21(16-28-19-6-2-1-3-7-19)20-8-4-5-9-22(20)29-23;/h1-9,17-18,25H,10-16H2;1H/t17-,18+;. The average Bonchev–Trinajstić information content (AvgIpc) is 3.31. The normalized spacial score (nSPS) is 21.0. The molecule has 2 aliphatic rings. The number of para-hydroxylation sites is 2. The molecule has 3 heterocycles. The van der Waals surface area contributed by atoms with E-state index in [-0.39, 0.29) is 18.3 Å². The molecular formula is C24H27ClN2O3. The Hall–Kier alpha value is -2.50. The number of halogens is 1. The Morgan fingerprint density at radius 2 is 1.67 bits per heavy atom. The highest BCUT2D eigenvalue weighted by Gasteiger charge is 2.33. The molecule has 2 atom stereocenters. The predicted octanol–water partition coefficient (Wildman–Crippen LogP) is 4.51. The predicted molar refractivity (Wildman–Crippen MR) is 119 cm³/mol. The molecule has 30 heavy (non-hydrogen) atoms. The Bertz CT molecular complexity index is 990. The van der Waals surface area contributed by atoms with Crippen molar-refractivity contribution in [3.8, 4) is 5.75 Å². The van der Waals surface area contributed by atoms with Gasteiger partial charge < -0.3 is 19.4 Å². The summed E-state index contributed by atoms with van der Waals surface area (Å²) in [5.41, 5.74) is 1.57. The van der Waals surface area contributed by atoms with Gasteiger partial charge in [-0.1, -0.05) is 36.4 Å². The number of ether oxygens (including phenoxy) is 1. The van der Waals surface area contributed by atoms with Gasteiger partial charge >= 0.3 is 0 Å². The maximum absolute atomic E-state index is 13.4. The Balaban J connectivity index is 0.00000218. The molecule has 0 radical (unpaired) electrons. The molecular weight excluding hydrogens is 400 g/mol. The van der Waals surface area contributed by atoms with E-state index in [4.69, 9.17) is 9.15 Å². The van der Waals surface area contributed by atoms with Crippen molar-refractivity contribution in [3.05, 3.63) is 65.9 Å². The van der Waals surface area contributed by atoms with Gasteiger partial charge in [0.2, 0.25) is 0 Å². The topological polar surface area (TPSA) is 54.7 Å². The van der Waals surface area contributed by atoms with Crippen LogP contribution < -0.4 is 10.1 Å². The lowest BCUT2D eigenvalue weighted by Gasteiger charge is -2.20. The molecule has 0 saturated carbocycles. The van der Waals surface area contributed by atoms with E-state index in [2.05, 4.69) is 5.32 Å². The van der Waals surface area contributed by atoms with Crippen LogP contribution in [-0.4, -0.2) is 37.0 Å². The number of likely N-dealkylation sites (tertiary alicyclic amines) is 1. The van der Waals surface area contributed by atoms with Crippen LogP contribution in [0.4, 0.5) is 0 Å². The van der Waals surface area contributed by atoms with Crippen molar-refractivity contribution in [2.75, 3.05) is 26.2 Å². The number of fused-ring (bicyclic) bond motifs is 2. The van der Waals surface area contributed by atoms with Crippen LogP contribution in [0, 0.1) is 11.8 Å². The lowest BCUT2D eigenvalue weighted by Crippen LogP contribution is -2.33. The van der Waals surface area contributed by atoms with Crippen molar-refractivity contribution < 1.29 is 13.9 Å². The van der Waals surface area contributed by atoms with Gasteiger partial charge in [0.15, 0.2) is 5.76 Å². The van der Waals surface area contributed by atoms with Gasteiger partial charge in [0.25, 0.3) is 5.91 Å². The quantitative estimate of drug-likeness (QED) is 0.667. The first-order chi connectivity index (χ1) is 14.3. The van der Waals surface area contributed by atoms with Crippen molar-refractivity contribution in [3.63, 3.8) is 0 Å². The first-order valence-corrected chi connectivity index (χ1v) is 10.5. The van der Waals surface area contributed by atoms with Crippen LogP contribution in [-0.2, 0) is 6.61 Å². The van der Waals surface area contributed by atoms with Crippen molar-refractivity contribution in [1.82, 2.24) is 10.2 Å². The Labute approximate surface area is 182 Å². The van der Waals surface area contributed by atoms with Crippen LogP contribution in [0.15, 0.2) is 59.0 Å². The van der Waals surface area contributed by atoms with Crippen molar-refractivity contribution in [2.45, 2.75) is 19.4 Å². The van der Waals surface area contributed by atoms with E-state index in [1.807, 2.05) is 59.5 Å². The molecule has 158 valence electrons. The van der Waals surface area contributed by atoms with Gasteiger partial charge in [-0.15, -0.1) is 12.4 Å². The summed E-state index contributed by atoms with van der Waals surface area (Å²) in [6, 6.07) is 17.5. The molecule has 1 N–H and O–H groups in total. The van der Waals surface area contributed by atoms with E-state index < -0.39 is 0 Å². The summed E-state index contributed by atoms with van der Waals surface area (Å²) in [7, 11) is 0. The fourth-order valence-electron chi connectivity index (χ4n) is 4.65. The van der Waals surface area contributed by atoms with Gasteiger partial charge in [-0.05, 0) is 56.0 Å². The Kier molecular flexibility index (Phi) is 6.30. The van der Waals surface area contributed by atoms with Crippen LogP contribution in [0.1, 0.15) is 29.0 Å². The molecule has 2 saturated heterocycles. The number of amides is 1. The minimum Gasteiger partial charge on any atom is -0.489 e. The van der Waals surface area contributed by atoms with Gasteiger partial charge in [0.1, 0.15) is 17.9 Å². The number of rotatable bonds is 4. The number of hydrogen-bond donors (Lipinski definition) is 1. The number of nitrogens with zero attached hydrogens (tertiary/aromatic N) is 1. The molecule has 0 bridgehead atoms. The van der Waals surface area contributed by atoms with Crippen LogP contribution in [0.5, 0.6) is 5.75 Å². The molecule has 1 aromatic heterocycles. The third kappa shape index (κ3) is 4.05. The maximum Gasteiger partial charge on any atom is 0.290 e. The molecule has 6 heteroatoms. The fourth-order valence-corrected chi connectivity index (χ4v) is 4.65. The fraction of sp³-hybridized carbons (Fsp3) is 0.375. The van der Waals surface area contributed by atoms with Crippen LogP contribution in [0.2, 0.25) is 0 Å². The second kappa shape index (κ2) is 9.11. The maximum atomic E-state index is 13.4. The number of carbonyl (C=O) groups is 1. The highest BCUT2D eigenvalue weighted by atomic mass is 35.5. The summed E-state index contributed by atoms with van der Waals surface area (Å²) in [6.07, 6.45) is 2.11. The largest absolute Gasteiger partial charge is 0.489 e. The molecule has 2 aromatic carbocycles. The van der Waals surface area contributed by atoms with Gasteiger partial charge in [-0.25, -0.2) is 0 Å². The molecule has 0 unspecified atom stereocenters. The van der Waals surface area contributed by atoms with E-state index in [1.54, 1.807) is 0 Å². The van der Waals surface area contributed by atoms with Crippen LogP contribution >= 0.6 is 12.4 Å².